The highest BCUT2D eigenvalue weighted by Gasteiger charge is 2.21. The maximum atomic E-state index is 5.06. The van der Waals surface area contributed by atoms with Crippen molar-refractivity contribution in [3.05, 3.63) is 126 Å². The van der Waals surface area contributed by atoms with Crippen LogP contribution in [0.15, 0.2) is 121 Å². The Labute approximate surface area is 235 Å². The van der Waals surface area contributed by atoms with Crippen LogP contribution in [0.4, 0.5) is 5.69 Å². The summed E-state index contributed by atoms with van der Waals surface area (Å²) in [5.41, 5.74) is 8.50. The summed E-state index contributed by atoms with van der Waals surface area (Å²) in [4.78, 5) is 12.6. The number of nitrogens with zero attached hydrogens (tertiary/aromatic N) is 3. The minimum atomic E-state index is 0.722. The van der Waals surface area contributed by atoms with E-state index in [0.717, 1.165) is 46.1 Å². The fraction of sp³-hybridized carbons (Fsp3) is 0.0286. The van der Waals surface area contributed by atoms with Crippen molar-refractivity contribution in [2.45, 2.75) is 0 Å². The first kappa shape index (κ1) is 22.9. The van der Waals surface area contributed by atoms with Gasteiger partial charge in [-0.1, -0.05) is 97.1 Å². The van der Waals surface area contributed by atoms with Gasteiger partial charge >= 0.3 is 0 Å². The molecule has 0 saturated heterocycles. The molecule has 5 heteroatoms. The van der Waals surface area contributed by atoms with Crippen LogP contribution in [-0.2, 0) is 0 Å². The van der Waals surface area contributed by atoms with Crippen LogP contribution in [-0.4, -0.2) is 21.1 Å². The minimum absolute atomic E-state index is 0.722. The lowest BCUT2D eigenvalue weighted by molar-refractivity contribution is 1.17. The highest BCUT2D eigenvalue weighted by molar-refractivity contribution is 7.20. The van der Waals surface area contributed by atoms with Gasteiger partial charge in [0, 0.05) is 39.7 Å². The number of anilines is 1. The van der Waals surface area contributed by atoms with Crippen LogP contribution >= 0.6 is 11.3 Å². The Morgan fingerprint density at radius 3 is 2.20 bits per heavy atom. The molecule has 0 atom stereocenters. The lowest BCUT2D eigenvalue weighted by Crippen LogP contribution is -2.01. The van der Waals surface area contributed by atoms with Gasteiger partial charge in [0.25, 0.3) is 0 Å². The number of rotatable bonds is 4. The average molecular weight is 533 g/mol. The number of hydrogen-bond donors (Lipinski definition) is 1. The van der Waals surface area contributed by atoms with Gasteiger partial charge in [-0.15, -0.1) is 11.3 Å². The quantitative estimate of drug-likeness (QED) is 0.246. The third kappa shape index (κ3) is 3.74. The first-order valence-electron chi connectivity index (χ1n) is 13.4. The van der Waals surface area contributed by atoms with E-state index in [1.807, 2.05) is 47.7 Å². The van der Waals surface area contributed by atoms with Gasteiger partial charge in [-0.2, -0.15) is 0 Å². The molecule has 0 spiro atoms. The van der Waals surface area contributed by atoms with Crippen LogP contribution in [0.1, 0.15) is 4.88 Å². The molecular formula is C35H24N4S. The molecule has 4 aromatic carbocycles. The second-order valence-corrected chi connectivity index (χ2v) is 10.9. The molecule has 4 heterocycles. The molecule has 0 saturated carbocycles. The van der Waals surface area contributed by atoms with Crippen molar-refractivity contribution in [3.8, 4) is 39.6 Å². The van der Waals surface area contributed by atoms with Gasteiger partial charge < -0.3 is 9.88 Å². The lowest BCUT2D eigenvalue weighted by atomic mass is 10.1. The Kier molecular flexibility index (Phi) is 5.35. The molecule has 0 amide bonds. The topological polar surface area (TPSA) is 42.7 Å². The monoisotopic (exact) mass is 532 g/mol. The Hall–Kier alpha value is -5.00. The molecule has 4 nitrogen and oxygen atoms in total. The van der Waals surface area contributed by atoms with E-state index in [4.69, 9.17) is 9.97 Å². The largest absolute Gasteiger partial charge is 0.380 e. The van der Waals surface area contributed by atoms with Crippen molar-refractivity contribution in [2.24, 2.45) is 0 Å². The minimum Gasteiger partial charge on any atom is -0.380 e. The van der Waals surface area contributed by atoms with Crippen LogP contribution in [0.5, 0.6) is 0 Å². The summed E-state index contributed by atoms with van der Waals surface area (Å²) in [6.07, 6.45) is 4.43. The Balaban J connectivity index is 1.34. The van der Waals surface area contributed by atoms with Crippen molar-refractivity contribution in [3.63, 3.8) is 0 Å². The Morgan fingerprint density at radius 2 is 1.38 bits per heavy atom. The van der Waals surface area contributed by atoms with Crippen LogP contribution in [0.3, 0.4) is 0 Å². The van der Waals surface area contributed by atoms with E-state index in [-0.39, 0.29) is 0 Å². The number of benzene rings is 4. The van der Waals surface area contributed by atoms with Gasteiger partial charge in [0.2, 0.25) is 0 Å². The second kappa shape index (κ2) is 9.33. The third-order valence-corrected chi connectivity index (χ3v) is 8.57. The normalized spacial score (nSPS) is 12.5. The Bertz CT molecular complexity index is 1990. The van der Waals surface area contributed by atoms with Gasteiger partial charge in [-0.25, -0.2) is 9.97 Å². The molecule has 1 N–H and O–H groups in total. The highest BCUT2D eigenvalue weighted by atomic mass is 32.1. The number of fused-ring (bicyclic) bond motifs is 5. The van der Waals surface area contributed by atoms with Crippen molar-refractivity contribution >= 4 is 44.2 Å². The molecule has 40 heavy (non-hydrogen) atoms. The van der Waals surface area contributed by atoms with Crippen molar-refractivity contribution in [2.75, 3.05) is 11.9 Å². The maximum absolute atomic E-state index is 5.06. The zero-order valence-corrected chi connectivity index (χ0v) is 22.4. The van der Waals surface area contributed by atoms with Crippen LogP contribution in [0, 0.1) is 0 Å². The molecular weight excluding hydrogens is 508 g/mol. The molecule has 0 bridgehead atoms. The summed E-state index contributed by atoms with van der Waals surface area (Å²) < 4.78 is 2.39. The molecule has 0 unspecified atom stereocenters. The van der Waals surface area contributed by atoms with Gasteiger partial charge in [0.15, 0.2) is 5.82 Å². The second-order valence-electron chi connectivity index (χ2n) is 9.90. The van der Waals surface area contributed by atoms with Crippen LogP contribution in [0.2, 0.25) is 0 Å². The molecule has 0 radical (unpaired) electrons. The number of thiophene rings is 1. The summed E-state index contributed by atoms with van der Waals surface area (Å²) in [5.74, 6) is 0.722. The molecule has 8 rings (SSSR count). The fourth-order valence-electron chi connectivity index (χ4n) is 5.58. The molecule has 190 valence electrons. The average Bonchev–Trinajstić information content (AvgIpc) is 3.56. The molecule has 1 aliphatic heterocycles. The first-order valence-corrected chi connectivity index (χ1v) is 14.2. The van der Waals surface area contributed by atoms with Crippen molar-refractivity contribution in [1.82, 2.24) is 14.5 Å². The van der Waals surface area contributed by atoms with E-state index in [1.165, 1.54) is 31.7 Å². The first-order chi connectivity index (χ1) is 19.8. The van der Waals surface area contributed by atoms with Gasteiger partial charge in [-0.3, -0.25) is 0 Å². The molecule has 1 aliphatic rings. The van der Waals surface area contributed by atoms with Gasteiger partial charge in [-0.05, 0) is 30.3 Å². The SMILES string of the molecule is C1=Cc2sc3c(c2NC1)c1ccccc1n3-c1cccc(-c2cc(-c3ccccc3)nc(-c3ccccc3)n2)c1. The van der Waals surface area contributed by atoms with E-state index >= 15 is 0 Å². The standard InChI is InChI=1S/C35H24N4S/c1-3-11-23(12-4-1)28-22-29(38-34(37-28)24-13-5-2-6-14-24)25-15-9-16-26(21-25)39-30-18-8-7-17-27(30)32-33-31(40-35(32)39)19-10-20-36-33/h1-19,21-22,36H,20H2. The summed E-state index contributed by atoms with van der Waals surface area (Å²) in [5, 5.41) is 6.18. The van der Waals surface area contributed by atoms with Crippen molar-refractivity contribution in [1.29, 1.82) is 0 Å². The third-order valence-electron chi connectivity index (χ3n) is 7.43. The number of aromatic nitrogens is 3. The van der Waals surface area contributed by atoms with E-state index in [1.54, 1.807) is 0 Å². The predicted molar refractivity (Wildman–Crippen MR) is 168 cm³/mol. The number of nitrogens with one attached hydrogen (secondary N) is 1. The molecule has 0 fully saturated rings. The van der Waals surface area contributed by atoms with Gasteiger partial charge in [0.05, 0.1) is 27.5 Å². The predicted octanol–water partition coefficient (Wildman–Crippen LogP) is 9.07. The maximum Gasteiger partial charge on any atom is 0.160 e. The Morgan fingerprint density at radius 1 is 0.675 bits per heavy atom. The summed E-state index contributed by atoms with van der Waals surface area (Å²) in [6.45, 7) is 0.856. The molecule has 0 aliphatic carbocycles. The zero-order valence-electron chi connectivity index (χ0n) is 21.6. The zero-order chi connectivity index (χ0) is 26.5. The van der Waals surface area contributed by atoms with Crippen LogP contribution < -0.4 is 5.32 Å². The van der Waals surface area contributed by atoms with E-state index in [9.17, 15) is 0 Å². The van der Waals surface area contributed by atoms with Crippen LogP contribution in [0.25, 0.3) is 66.8 Å². The molecule has 7 aromatic rings. The highest BCUT2D eigenvalue weighted by Crippen LogP contribution is 2.45. The smallest absolute Gasteiger partial charge is 0.160 e. The number of hydrogen-bond acceptors (Lipinski definition) is 4. The number of para-hydroxylation sites is 1. The lowest BCUT2D eigenvalue weighted by Gasteiger charge is -2.12. The van der Waals surface area contributed by atoms with Gasteiger partial charge in [0.1, 0.15) is 4.83 Å². The fourth-order valence-corrected chi connectivity index (χ4v) is 6.84. The van der Waals surface area contributed by atoms with E-state index in [2.05, 4.69) is 101 Å². The summed E-state index contributed by atoms with van der Waals surface area (Å²) in [6, 6.07) is 40.0. The summed E-state index contributed by atoms with van der Waals surface area (Å²) in [7, 11) is 0. The van der Waals surface area contributed by atoms with E-state index in [0.29, 0.717) is 0 Å². The van der Waals surface area contributed by atoms with Crippen molar-refractivity contribution < 1.29 is 0 Å². The molecule has 3 aromatic heterocycles. The summed E-state index contributed by atoms with van der Waals surface area (Å²) >= 11 is 1.84. The van der Waals surface area contributed by atoms with E-state index < -0.39 is 0 Å².